The van der Waals surface area contributed by atoms with Gasteiger partial charge in [-0.2, -0.15) is 0 Å². The second-order valence-electron chi connectivity index (χ2n) is 4.87. The summed E-state index contributed by atoms with van der Waals surface area (Å²) < 4.78 is 10.3. The van der Waals surface area contributed by atoms with Crippen LogP contribution in [0.15, 0.2) is 23.5 Å². The van der Waals surface area contributed by atoms with E-state index in [0.29, 0.717) is 11.3 Å². The van der Waals surface area contributed by atoms with Crippen molar-refractivity contribution in [3.05, 3.63) is 23.5 Å². The molecule has 0 saturated carbocycles. The molecule has 0 aromatic rings. The standard InChI is InChI=1S/C14H19NO5/c1-5-12(17)15-13(18)19-7-6-9(2)10-8-11(16)14(3,4)20-10/h6,8H,5,7H2,1-4H3,(H,15,17,18)/b9-6+. The number of nitrogens with one attached hydrogen (secondary N) is 1. The molecule has 0 atom stereocenters. The Bertz CT molecular complexity index is 488. The first-order valence-corrected chi connectivity index (χ1v) is 6.35. The van der Waals surface area contributed by atoms with Gasteiger partial charge in [-0.25, -0.2) is 4.79 Å². The van der Waals surface area contributed by atoms with Crippen LogP contribution < -0.4 is 5.32 Å². The second kappa shape index (κ2) is 6.36. The van der Waals surface area contributed by atoms with Crippen LogP contribution in [-0.4, -0.2) is 30.0 Å². The molecule has 1 heterocycles. The van der Waals surface area contributed by atoms with Gasteiger partial charge in [0.15, 0.2) is 5.60 Å². The summed E-state index contributed by atoms with van der Waals surface area (Å²) in [6.45, 7) is 6.75. The van der Waals surface area contributed by atoms with Crippen molar-refractivity contribution in [2.75, 3.05) is 6.61 Å². The predicted octanol–water partition coefficient (Wildman–Crippen LogP) is 1.86. The topological polar surface area (TPSA) is 81.7 Å². The van der Waals surface area contributed by atoms with Gasteiger partial charge in [-0.3, -0.25) is 14.9 Å². The van der Waals surface area contributed by atoms with E-state index in [4.69, 9.17) is 9.47 Å². The first-order chi connectivity index (χ1) is 9.26. The Balaban J connectivity index is 2.48. The van der Waals surface area contributed by atoms with Gasteiger partial charge in [0.05, 0.1) is 0 Å². The molecule has 0 fully saturated rings. The number of carbonyl (C=O) groups excluding carboxylic acids is 3. The Morgan fingerprint density at radius 2 is 2.10 bits per heavy atom. The first kappa shape index (κ1) is 15.9. The molecule has 0 saturated heterocycles. The summed E-state index contributed by atoms with van der Waals surface area (Å²) in [5.41, 5.74) is -0.158. The maximum Gasteiger partial charge on any atom is 0.414 e. The number of ether oxygens (including phenoxy) is 2. The Morgan fingerprint density at radius 3 is 2.60 bits per heavy atom. The van der Waals surface area contributed by atoms with Crippen LogP contribution in [0.3, 0.4) is 0 Å². The maximum atomic E-state index is 11.6. The highest BCUT2D eigenvalue weighted by molar-refractivity contribution is 5.99. The highest BCUT2D eigenvalue weighted by atomic mass is 16.5. The van der Waals surface area contributed by atoms with Gasteiger partial charge in [0, 0.05) is 12.5 Å². The lowest BCUT2D eigenvalue weighted by Gasteiger charge is -2.18. The van der Waals surface area contributed by atoms with E-state index in [0.717, 1.165) is 0 Å². The zero-order valence-electron chi connectivity index (χ0n) is 12.1. The molecule has 0 radical (unpaired) electrons. The normalized spacial score (nSPS) is 17.3. The lowest BCUT2D eigenvalue weighted by molar-refractivity contribution is -0.126. The maximum absolute atomic E-state index is 11.6. The summed E-state index contributed by atoms with van der Waals surface area (Å²) in [7, 11) is 0. The number of rotatable bonds is 4. The number of ketones is 1. The molecule has 0 aliphatic carbocycles. The quantitative estimate of drug-likeness (QED) is 0.850. The lowest BCUT2D eigenvalue weighted by atomic mass is 10.1. The highest BCUT2D eigenvalue weighted by Crippen LogP contribution is 2.28. The molecule has 110 valence electrons. The molecule has 0 spiro atoms. The van der Waals surface area contributed by atoms with Crippen LogP contribution in [0.2, 0.25) is 0 Å². The average Bonchev–Trinajstić information content (AvgIpc) is 2.63. The molecule has 0 aromatic carbocycles. The largest absolute Gasteiger partial charge is 0.479 e. The molecular formula is C14H19NO5. The number of allylic oxidation sites excluding steroid dienone is 1. The van der Waals surface area contributed by atoms with E-state index in [-0.39, 0.29) is 18.8 Å². The van der Waals surface area contributed by atoms with Gasteiger partial charge in [0.1, 0.15) is 12.4 Å². The van der Waals surface area contributed by atoms with Crippen LogP contribution in [-0.2, 0) is 19.1 Å². The average molecular weight is 281 g/mol. The van der Waals surface area contributed by atoms with E-state index in [2.05, 4.69) is 5.32 Å². The monoisotopic (exact) mass is 281 g/mol. The first-order valence-electron chi connectivity index (χ1n) is 6.35. The highest BCUT2D eigenvalue weighted by Gasteiger charge is 2.35. The predicted molar refractivity (Wildman–Crippen MR) is 71.8 cm³/mol. The third kappa shape index (κ3) is 4.22. The van der Waals surface area contributed by atoms with Crippen molar-refractivity contribution in [3.8, 4) is 0 Å². The minimum absolute atomic E-state index is 0.00994. The van der Waals surface area contributed by atoms with Gasteiger partial charge in [-0.05, 0) is 32.4 Å². The van der Waals surface area contributed by atoms with E-state index >= 15 is 0 Å². The number of carbonyl (C=O) groups is 3. The molecule has 6 nitrogen and oxygen atoms in total. The summed E-state index contributed by atoms with van der Waals surface area (Å²) in [6.07, 6.45) is 2.45. The molecule has 6 heteroatoms. The van der Waals surface area contributed by atoms with Crippen molar-refractivity contribution in [1.82, 2.24) is 5.32 Å². The van der Waals surface area contributed by atoms with Crippen LogP contribution in [0.4, 0.5) is 4.79 Å². The van der Waals surface area contributed by atoms with Crippen molar-refractivity contribution in [2.45, 2.75) is 39.7 Å². The van der Waals surface area contributed by atoms with Crippen LogP contribution in [0.1, 0.15) is 34.1 Å². The molecule has 1 aliphatic rings. The van der Waals surface area contributed by atoms with Gasteiger partial charge in [0.2, 0.25) is 11.7 Å². The van der Waals surface area contributed by atoms with E-state index < -0.39 is 17.6 Å². The summed E-state index contributed by atoms with van der Waals surface area (Å²) in [6, 6.07) is 0. The molecule has 0 unspecified atom stereocenters. The van der Waals surface area contributed by atoms with Gasteiger partial charge < -0.3 is 9.47 Å². The Labute approximate surface area is 117 Å². The second-order valence-corrected chi connectivity index (χ2v) is 4.87. The number of hydrogen-bond acceptors (Lipinski definition) is 5. The summed E-state index contributed by atoms with van der Waals surface area (Å²) in [5, 5.41) is 2.06. The molecule has 1 N–H and O–H groups in total. The molecule has 1 rings (SSSR count). The third-order valence-corrected chi connectivity index (χ3v) is 2.78. The number of hydrogen-bond donors (Lipinski definition) is 1. The van der Waals surface area contributed by atoms with E-state index in [1.807, 2.05) is 0 Å². The lowest BCUT2D eigenvalue weighted by Crippen LogP contribution is -2.30. The van der Waals surface area contributed by atoms with E-state index in [1.54, 1.807) is 33.8 Å². The van der Waals surface area contributed by atoms with Crippen molar-refractivity contribution in [3.63, 3.8) is 0 Å². The van der Waals surface area contributed by atoms with Crippen LogP contribution in [0.25, 0.3) is 0 Å². The summed E-state index contributed by atoms with van der Waals surface area (Å²) >= 11 is 0. The fourth-order valence-corrected chi connectivity index (χ4v) is 1.42. The SMILES string of the molecule is CCC(=O)NC(=O)OC/C=C(\C)C1=CC(=O)C(C)(C)O1. The van der Waals surface area contributed by atoms with Gasteiger partial charge in [-0.15, -0.1) is 0 Å². The Morgan fingerprint density at radius 1 is 1.45 bits per heavy atom. The minimum atomic E-state index is -0.851. The van der Waals surface area contributed by atoms with Crippen LogP contribution in [0.5, 0.6) is 0 Å². The molecule has 2 amide bonds. The van der Waals surface area contributed by atoms with Crippen molar-refractivity contribution in [2.24, 2.45) is 0 Å². The van der Waals surface area contributed by atoms with Crippen LogP contribution >= 0.6 is 0 Å². The Kier molecular flexibility index (Phi) is 5.07. The van der Waals surface area contributed by atoms with Crippen molar-refractivity contribution < 1.29 is 23.9 Å². The molecule has 20 heavy (non-hydrogen) atoms. The fraction of sp³-hybridized carbons (Fsp3) is 0.500. The number of amides is 2. The number of imide groups is 1. The zero-order chi connectivity index (χ0) is 15.3. The van der Waals surface area contributed by atoms with Gasteiger partial charge in [0.25, 0.3) is 0 Å². The molecule has 0 aromatic heterocycles. The van der Waals surface area contributed by atoms with Crippen molar-refractivity contribution >= 4 is 17.8 Å². The molecule has 1 aliphatic heterocycles. The smallest absolute Gasteiger partial charge is 0.414 e. The van der Waals surface area contributed by atoms with Gasteiger partial charge in [-0.1, -0.05) is 6.92 Å². The molecular weight excluding hydrogens is 262 g/mol. The summed E-state index contributed by atoms with van der Waals surface area (Å²) in [4.78, 5) is 33.7. The fourth-order valence-electron chi connectivity index (χ4n) is 1.42. The number of alkyl carbamates (subject to hydrolysis) is 1. The van der Waals surface area contributed by atoms with Gasteiger partial charge >= 0.3 is 6.09 Å². The van der Waals surface area contributed by atoms with Crippen molar-refractivity contribution in [1.29, 1.82) is 0 Å². The van der Waals surface area contributed by atoms with E-state index in [9.17, 15) is 14.4 Å². The third-order valence-electron chi connectivity index (χ3n) is 2.78. The molecule has 0 bridgehead atoms. The minimum Gasteiger partial charge on any atom is -0.479 e. The van der Waals surface area contributed by atoms with E-state index in [1.165, 1.54) is 6.08 Å². The van der Waals surface area contributed by atoms with Crippen LogP contribution in [0, 0.1) is 0 Å². The zero-order valence-corrected chi connectivity index (χ0v) is 12.1. The summed E-state index contributed by atoms with van der Waals surface area (Å²) in [5.74, 6) is -0.0361. The Hall–Kier alpha value is -2.11.